The predicted molar refractivity (Wildman–Crippen MR) is 74.1 cm³/mol. The van der Waals surface area contributed by atoms with E-state index in [1.807, 2.05) is 0 Å². The van der Waals surface area contributed by atoms with Crippen LogP contribution in [-0.4, -0.2) is 45.1 Å². The lowest BCUT2D eigenvalue weighted by molar-refractivity contribution is -0.142. The molecule has 7 nitrogen and oxygen atoms in total. The van der Waals surface area contributed by atoms with Crippen LogP contribution in [0.3, 0.4) is 0 Å². The molecular weight excluding hydrogens is 286 g/mol. The molecule has 7 heteroatoms. The molecule has 1 aromatic rings. The van der Waals surface area contributed by atoms with Gasteiger partial charge >= 0.3 is 5.97 Å². The molecule has 2 heterocycles. The molecule has 1 saturated heterocycles. The van der Waals surface area contributed by atoms with E-state index in [1.165, 1.54) is 0 Å². The number of hydrogen-bond acceptors (Lipinski definition) is 5. The number of carboxylic acids is 1. The van der Waals surface area contributed by atoms with Crippen molar-refractivity contribution in [2.45, 2.75) is 43.9 Å². The summed E-state index contributed by atoms with van der Waals surface area (Å²) in [5.74, 6) is 0.267. The Morgan fingerprint density at radius 1 is 1.18 bits per heavy atom. The summed E-state index contributed by atoms with van der Waals surface area (Å²) in [6.07, 6.45) is 4.56. The third-order valence-corrected chi connectivity index (χ3v) is 4.91. The molecule has 4 rings (SSSR count). The smallest absolute Gasteiger partial charge is 0.307 e. The van der Waals surface area contributed by atoms with Crippen LogP contribution >= 0.6 is 0 Å². The molecule has 3 fully saturated rings. The Hall–Kier alpha value is -1.92. The molecule has 0 radical (unpaired) electrons. The fourth-order valence-electron chi connectivity index (χ4n) is 3.27. The largest absolute Gasteiger partial charge is 0.481 e. The van der Waals surface area contributed by atoms with Gasteiger partial charge in [0.25, 0.3) is 0 Å². The van der Waals surface area contributed by atoms with Crippen LogP contribution in [0.2, 0.25) is 0 Å². The number of carbonyl (C=O) groups is 2. The summed E-state index contributed by atoms with van der Waals surface area (Å²) in [6.45, 7) is 1.27. The predicted octanol–water partition coefficient (Wildman–Crippen LogP) is 1.37. The van der Waals surface area contributed by atoms with Crippen molar-refractivity contribution in [3.8, 4) is 0 Å². The third-order valence-electron chi connectivity index (χ3n) is 4.91. The van der Waals surface area contributed by atoms with E-state index in [2.05, 4.69) is 10.1 Å². The zero-order valence-electron chi connectivity index (χ0n) is 12.3. The Morgan fingerprint density at radius 3 is 2.68 bits per heavy atom. The maximum atomic E-state index is 12.4. The van der Waals surface area contributed by atoms with E-state index in [4.69, 9.17) is 9.63 Å². The molecule has 22 heavy (non-hydrogen) atoms. The number of rotatable bonds is 4. The molecule has 1 amide bonds. The van der Waals surface area contributed by atoms with Gasteiger partial charge in [-0.2, -0.15) is 4.98 Å². The Bertz CT molecular complexity index is 610. The summed E-state index contributed by atoms with van der Waals surface area (Å²) in [4.78, 5) is 29.6. The Morgan fingerprint density at radius 2 is 2.00 bits per heavy atom. The molecule has 0 unspecified atom stereocenters. The topological polar surface area (TPSA) is 96.5 Å². The number of aromatic nitrogens is 2. The Kier molecular flexibility index (Phi) is 3.16. The molecule has 1 N–H and O–H groups in total. The van der Waals surface area contributed by atoms with E-state index < -0.39 is 11.9 Å². The van der Waals surface area contributed by atoms with Crippen LogP contribution < -0.4 is 0 Å². The first-order valence-corrected chi connectivity index (χ1v) is 7.98. The molecule has 2 saturated carbocycles. The number of piperidine rings is 1. The van der Waals surface area contributed by atoms with Gasteiger partial charge < -0.3 is 14.5 Å². The molecule has 0 aromatic carbocycles. The number of nitrogens with zero attached hydrogens (tertiary/aromatic N) is 3. The van der Waals surface area contributed by atoms with Gasteiger partial charge in [-0.05, 0) is 32.1 Å². The molecule has 0 bridgehead atoms. The number of amides is 1. The molecule has 3 aliphatic rings. The number of likely N-dealkylation sites (tertiary alicyclic amines) is 1. The molecule has 1 aromatic heterocycles. The van der Waals surface area contributed by atoms with E-state index in [9.17, 15) is 9.59 Å². The number of aliphatic carboxylic acids is 1. The fourth-order valence-corrected chi connectivity index (χ4v) is 3.27. The van der Waals surface area contributed by atoms with Gasteiger partial charge in [-0.15, -0.1) is 0 Å². The first-order chi connectivity index (χ1) is 10.6. The molecule has 0 spiro atoms. The zero-order valence-corrected chi connectivity index (χ0v) is 12.3. The minimum atomic E-state index is -0.862. The average Bonchev–Trinajstić information content (AvgIpc) is 3.44. The maximum absolute atomic E-state index is 12.4. The lowest BCUT2D eigenvalue weighted by Crippen LogP contribution is -2.40. The van der Waals surface area contributed by atoms with E-state index >= 15 is 0 Å². The maximum Gasteiger partial charge on any atom is 0.307 e. The second-order valence-electron chi connectivity index (χ2n) is 6.68. The molecule has 1 aliphatic heterocycles. The first kappa shape index (κ1) is 13.7. The lowest BCUT2D eigenvalue weighted by atomic mass is 9.97. The van der Waals surface area contributed by atoms with Gasteiger partial charge in [0.1, 0.15) is 0 Å². The van der Waals surface area contributed by atoms with E-state index in [1.54, 1.807) is 4.90 Å². The second kappa shape index (κ2) is 5.07. The van der Waals surface area contributed by atoms with Crippen molar-refractivity contribution in [1.29, 1.82) is 0 Å². The van der Waals surface area contributed by atoms with Crippen LogP contribution in [0.1, 0.15) is 55.7 Å². The summed E-state index contributed by atoms with van der Waals surface area (Å²) in [5.41, 5.74) is 0. The lowest BCUT2D eigenvalue weighted by Gasteiger charge is -2.31. The summed E-state index contributed by atoms with van der Waals surface area (Å²) >= 11 is 0. The van der Waals surface area contributed by atoms with Gasteiger partial charge in [0.15, 0.2) is 5.82 Å². The third kappa shape index (κ3) is 2.48. The fraction of sp³-hybridized carbons (Fsp3) is 0.733. The number of carboxylic acid groups (broad SMARTS) is 1. The highest BCUT2D eigenvalue weighted by atomic mass is 16.5. The second-order valence-corrected chi connectivity index (χ2v) is 6.68. The molecule has 118 valence electrons. The van der Waals surface area contributed by atoms with Crippen LogP contribution in [0.4, 0.5) is 0 Å². The van der Waals surface area contributed by atoms with Crippen molar-refractivity contribution in [2.75, 3.05) is 13.1 Å². The van der Waals surface area contributed by atoms with Crippen molar-refractivity contribution in [1.82, 2.24) is 15.0 Å². The highest BCUT2D eigenvalue weighted by molar-refractivity contribution is 5.89. The minimum absolute atomic E-state index is 0.0250. The quantitative estimate of drug-likeness (QED) is 0.902. The SMILES string of the molecule is O=C(O)[C@@H]1C[C@H]1C(=O)N1CCC[C@H](c2noc(C3CC3)n2)C1. The first-order valence-electron chi connectivity index (χ1n) is 7.98. The van der Waals surface area contributed by atoms with Crippen molar-refractivity contribution >= 4 is 11.9 Å². The van der Waals surface area contributed by atoms with Gasteiger partial charge in [0.05, 0.1) is 11.8 Å². The van der Waals surface area contributed by atoms with Gasteiger partial charge in [0.2, 0.25) is 11.8 Å². The number of hydrogen-bond donors (Lipinski definition) is 1. The summed E-state index contributed by atoms with van der Waals surface area (Å²) < 4.78 is 5.30. The van der Waals surface area contributed by atoms with Crippen molar-refractivity contribution in [3.63, 3.8) is 0 Å². The molecule has 2 aliphatic carbocycles. The highest BCUT2D eigenvalue weighted by Crippen LogP contribution is 2.42. The Labute approximate surface area is 127 Å². The standard InChI is InChI=1S/C15H19N3O4/c19-14(10-6-11(10)15(20)21)18-5-1-2-9(7-18)12-16-13(22-17-12)8-3-4-8/h8-11H,1-7H2,(H,20,21)/t9-,10+,11+/m0/s1. The number of carbonyl (C=O) groups excluding carboxylic acids is 1. The van der Waals surface area contributed by atoms with Gasteiger partial charge in [-0.1, -0.05) is 5.16 Å². The van der Waals surface area contributed by atoms with Crippen LogP contribution in [0.5, 0.6) is 0 Å². The van der Waals surface area contributed by atoms with Crippen molar-refractivity contribution in [3.05, 3.63) is 11.7 Å². The normalized spacial score (nSPS) is 31.1. The average molecular weight is 305 g/mol. The summed E-state index contributed by atoms with van der Waals surface area (Å²) in [5, 5.41) is 13.0. The molecular formula is C15H19N3O4. The van der Waals surface area contributed by atoms with E-state index in [0.29, 0.717) is 31.3 Å². The highest BCUT2D eigenvalue weighted by Gasteiger charge is 2.50. The van der Waals surface area contributed by atoms with E-state index in [-0.39, 0.29) is 17.7 Å². The van der Waals surface area contributed by atoms with Gasteiger partial charge in [0, 0.05) is 24.9 Å². The van der Waals surface area contributed by atoms with Crippen molar-refractivity contribution in [2.24, 2.45) is 11.8 Å². The van der Waals surface area contributed by atoms with Gasteiger partial charge in [-0.25, -0.2) is 0 Å². The summed E-state index contributed by atoms with van der Waals surface area (Å²) in [6, 6.07) is 0. The minimum Gasteiger partial charge on any atom is -0.481 e. The van der Waals surface area contributed by atoms with Gasteiger partial charge in [-0.3, -0.25) is 9.59 Å². The van der Waals surface area contributed by atoms with Crippen LogP contribution in [-0.2, 0) is 9.59 Å². The Balaban J connectivity index is 1.41. The monoisotopic (exact) mass is 305 g/mol. The van der Waals surface area contributed by atoms with Crippen LogP contribution in [0.15, 0.2) is 4.52 Å². The summed E-state index contributed by atoms with van der Waals surface area (Å²) in [7, 11) is 0. The van der Waals surface area contributed by atoms with Crippen LogP contribution in [0.25, 0.3) is 0 Å². The van der Waals surface area contributed by atoms with E-state index in [0.717, 1.165) is 31.6 Å². The van der Waals surface area contributed by atoms with Crippen molar-refractivity contribution < 1.29 is 19.2 Å². The van der Waals surface area contributed by atoms with Crippen LogP contribution in [0, 0.1) is 11.8 Å². The zero-order chi connectivity index (χ0) is 15.3. The molecule has 3 atom stereocenters.